The maximum absolute atomic E-state index is 13.3. The molecule has 0 spiro atoms. The van der Waals surface area contributed by atoms with Crippen LogP contribution < -0.4 is 5.56 Å². The van der Waals surface area contributed by atoms with Gasteiger partial charge in [-0.1, -0.05) is 18.2 Å². The van der Waals surface area contributed by atoms with Gasteiger partial charge in [0.1, 0.15) is 4.83 Å². The van der Waals surface area contributed by atoms with Crippen molar-refractivity contribution in [3.05, 3.63) is 20.8 Å². The maximum Gasteiger partial charge on any atom is 0.270 e. The van der Waals surface area contributed by atoms with Gasteiger partial charge in [-0.25, -0.2) is 14.1 Å². The van der Waals surface area contributed by atoms with Gasteiger partial charge in [-0.3, -0.25) is 4.79 Å². The van der Waals surface area contributed by atoms with E-state index in [1.807, 2.05) is 25.0 Å². The molecule has 0 saturated heterocycles. The predicted molar refractivity (Wildman–Crippen MR) is 104 cm³/mol. The van der Waals surface area contributed by atoms with Crippen molar-refractivity contribution < 1.29 is 0 Å². The van der Waals surface area contributed by atoms with Crippen molar-refractivity contribution in [3.63, 3.8) is 0 Å². The van der Waals surface area contributed by atoms with E-state index < -0.39 is 0 Å². The van der Waals surface area contributed by atoms with Crippen LogP contribution in [0.4, 0.5) is 0 Å². The van der Waals surface area contributed by atoms with Crippen LogP contribution >= 0.6 is 23.1 Å². The van der Waals surface area contributed by atoms with Crippen molar-refractivity contribution in [1.29, 1.82) is 0 Å². The fraction of sp³-hybridized carbons (Fsp3) is 0.588. The molecule has 3 aromatic heterocycles. The highest BCUT2D eigenvalue weighted by molar-refractivity contribution is 7.98. The van der Waals surface area contributed by atoms with Crippen LogP contribution in [-0.4, -0.2) is 51.0 Å². The lowest BCUT2D eigenvalue weighted by molar-refractivity contribution is 0.374. The Hall–Kier alpha value is -1.38. The van der Waals surface area contributed by atoms with Crippen LogP contribution in [0.25, 0.3) is 16.0 Å². The maximum atomic E-state index is 13.3. The minimum atomic E-state index is 0.0554. The SMILES string of the molecule is CSc1nn(CCN(C)C)c2nc3sc4c(c3c(=O)n12)CCCCC4. The molecule has 25 heavy (non-hydrogen) atoms. The largest absolute Gasteiger partial charge is 0.308 e. The third-order valence-corrected chi connectivity index (χ3v) is 6.61. The molecule has 0 bridgehead atoms. The number of hydrogen-bond acceptors (Lipinski definition) is 6. The highest BCUT2D eigenvalue weighted by Gasteiger charge is 2.22. The Morgan fingerprint density at radius 3 is 2.80 bits per heavy atom. The number of nitrogens with zero attached hydrogens (tertiary/aromatic N) is 5. The third-order valence-electron chi connectivity index (χ3n) is 4.79. The molecule has 0 fully saturated rings. The van der Waals surface area contributed by atoms with Crippen LogP contribution in [0.5, 0.6) is 0 Å². The predicted octanol–water partition coefficient (Wildman–Crippen LogP) is 2.66. The average Bonchev–Trinajstić information content (AvgIpc) is 3.03. The van der Waals surface area contributed by atoms with Crippen molar-refractivity contribution in [2.24, 2.45) is 0 Å². The molecular formula is C17H23N5OS2. The fourth-order valence-corrected chi connectivity index (χ4v) is 5.26. The molecule has 0 atom stereocenters. The molecule has 0 saturated carbocycles. The Kier molecular flexibility index (Phi) is 4.59. The Bertz CT molecular complexity index is 985. The van der Waals surface area contributed by atoms with E-state index in [0.717, 1.165) is 41.3 Å². The molecule has 134 valence electrons. The van der Waals surface area contributed by atoms with Crippen molar-refractivity contribution in [3.8, 4) is 0 Å². The summed E-state index contributed by atoms with van der Waals surface area (Å²) < 4.78 is 3.58. The quantitative estimate of drug-likeness (QED) is 0.517. The lowest BCUT2D eigenvalue weighted by Crippen LogP contribution is -2.20. The molecular weight excluding hydrogens is 354 g/mol. The van der Waals surface area contributed by atoms with E-state index in [-0.39, 0.29) is 5.56 Å². The summed E-state index contributed by atoms with van der Waals surface area (Å²) in [7, 11) is 4.07. The van der Waals surface area contributed by atoms with Crippen LogP contribution in [-0.2, 0) is 19.4 Å². The minimum Gasteiger partial charge on any atom is -0.308 e. The summed E-state index contributed by atoms with van der Waals surface area (Å²) in [4.78, 5) is 22.5. The smallest absolute Gasteiger partial charge is 0.270 e. The monoisotopic (exact) mass is 377 g/mol. The van der Waals surface area contributed by atoms with Gasteiger partial charge in [0.2, 0.25) is 5.78 Å². The van der Waals surface area contributed by atoms with Gasteiger partial charge < -0.3 is 4.90 Å². The standard InChI is InChI=1S/C17H23N5OS2/c1-20(2)9-10-21-16-18-14-13(15(23)22(16)17(19-21)24-3)11-7-5-4-6-8-12(11)25-14/h4-10H2,1-3H3. The first-order valence-corrected chi connectivity index (χ1v) is 10.8. The van der Waals surface area contributed by atoms with Gasteiger partial charge in [-0.2, -0.15) is 0 Å². The van der Waals surface area contributed by atoms with Gasteiger partial charge in [-0.15, -0.1) is 16.4 Å². The second-order valence-corrected chi connectivity index (χ2v) is 8.67. The lowest BCUT2D eigenvalue weighted by Gasteiger charge is -2.08. The Labute approximate surface area is 154 Å². The summed E-state index contributed by atoms with van der Waals surface area (Å²) in [5.41, 5.74) is 1.30. The Morgan fingerprint density at radius 2 is 2.04 bits per heavy atom. The van der Waals surface area contributed by atoms with Crippen LogP contribution in [0, 0.1) is 0 Å². The van der Waals surface area contributed by atoms with E-state index >= 15 is 0 Å². The number of likely N-dealkylation sites (N-methyl/N-ethyl adjacent to an activating group) is 1. The minimum absolute atomic E-state index is 0.0554. The van der Waals surface area contributed by atoms with E-state index in [1.54, 1.807) is 15.7 Å². The first kappa shape index (κ1) is 17.1. The third kappa shape index (κ3) is 2.90. The molecule has 0 radical (unpaired) electrons. The zero-order chi connectivity index (χ0) is 17.6. The van der Waals surface area contributed by atoms with Gasteiger partial charge >= 0.3 is 0 Å². The van der Waals surface area contributed by atoms with Crippen molar-refractivity contribution >= 4 is 39.1 Å². The number of rotatable bonds is 4. The summed E-state index contributed by atoms with van der Waals surface area (Å²) in [6.45, 7) is 1.58. The Balaban J connectivity index is 1.96. The van der Waals surface area contributed by atoms with Gasteiger partial charge in [0.15, 0.2) is 5.16 Å². The first-order chi connectivity index (χ1) is 12.1. The molecule has 0 aliphatic heterocycles. The van der Waals surface area contributed by atoms with Crippen molar-refractivity contribution in [1.82, 2.24) is 24.1 Å². The van der Waals surface area contributed by atoms with E-state index in [0.29, 0.717) is 5.78 Å². The van der Waals surface area contributed by atoms with E-state index in [1.165, 1.54) is 41.5 Å². The molecule has 4 rings (SSSR count). The second kappa shape index (κ2) is 6.74. The lowest BCUT2D eigenvalue weighted by atomic mass is 10.1. The molecule has 1 aliphatic carbocycles. The van der Waals surface area contributed by atoms with E-state index in [4.69, 9.17) is 4.98 Å². The molecule has 0 amide bonds. The zero-order valence-corrected chi connectivity index (χ0v) is 16.5. The molecule has 8 heteroatoms. The molecule has 0 N–H and O–H groups in total. The van der Waals surface area contributed by atoms with Crippen molar-refractivity contribution in [2.75, 3.05) is 26.9 Å². The summed E-state index contributed by atoms with van der Waals surface area (Å²) in [6.07, 6.45) is 7.67. The van der Waals surface area contributed by atoms with Gasteiger partial charge in [-0.05, 0) is 51.6 Å². The van der Waals surface area contributed by atoms with E-state index in [9.17, 15) is 4.79 Å². The topological polar surface area (TPSA) is 55.4 Å². The molecule has 6 nitrogen and oxygen atoms in total. The van der Waals surface area contributed by atoms with E-state index in [2.05, 4.69) is 10.00 Å². The highest BCUT2D eigenvalue weighted by Crippen LogP contribution is 2.33. The van der Waals surface area contributed by atoms with Gasteiger partial charge in [0, 0.05) is 11.4 Å². The van der Waals surface area contributed by atoms with Crippen LogP contribution in [0.3, 0.4) is 0 Å². The van der Waals surface area contributed by atoms with Gasteiger partial charge in [0.25, 0.3) is 5.56 Å². The summed E-state index contributed by atoms with van der Waals surface area (Å²) in [5.74, 6) is 0.667. The molecule has 0 aromatic carbocycles. The number of thioether (sulfide) groups is 1. The van der Waals surface area contributed by atoms with Gasteiger partial charge in [0.05, 0.1) is 11.9 Å². The first-order valence-electron chi connectivity index (χ1n) is 8.72. The molecule has 3 aromatic rings. The number of fused-ring (bicyclic) bond motifs is 4. The zero-order valence-electron chi connectivity index (χ0n) is 14.9. The van der Waals surface area contributed by atoms with Crippen LogP contribution in [0.2, 0.25) is 0 Å². The fourth-order valence-electron chi connectivity index (χ4n) is 3.49. The van der Waals surface area contributed by atoms with Crippen molar-refractivity contribution in [2.45, 2.75) is 43.8 Å². The highest BCUT2D eigenvalue weighted by atomic mass is 32.2. The van der Waals surface area contributed by atoms with Crippen LogP contribution in [0.1, 0.15) is 29.7 Å². The summed E-state index contributed by atoms with van der Waals surface area (Å²) in [6, 6.07) is 0. The summed E-state index contributed by atoms with van der Waals surface area (Å²) >= 11 is 3.21. The van der Waals surface area contributed by atoms with Crippen LogP contribution in [0.15, 0.2) is 9.95 Å². The summed E-state index contributed by atoms with van der Waals surface area (Å²) in [5, 5.41) is 6.19. The number of aryl methyl sites for hydroxylation is 2. The Morgan fingerprint density at radius 1 is 1.24 bits per heavy atom. The molecule has 3 heterocycles. The molecule has 0 unspecified atom stereocenters. The number of thiophene rings is 1. The normalized spacial score (nSPS) is 15.2. The molecule has 1 aliphatic rings. The number of hydrogen-bond donors (Lipinski definition) is 0. The number of aromatic nitrogens is 4. The average molecular weight is 378 g/mol. The second-order valence-electron chi connectivity index (χ2n) is 6.81.